The number of hydrogen-bond donors (Lipinski definition) is 1. The first-order valence-electron chi connectivity index (χ1n) is 13.5. The van der Waals surface area contributed by atoms with Gasteiger partial charge in [0.1, 0.15) is 5.75 Å². The number of halogens is 3. The molecule has 1 saturated carbocycles. The standard InChI is InChI=1S/C32H33F3N2O2S/c1-20-27-6-4-5-7-29(27)40-30(20)31(38)37(26-15-13-25(36-2)14-16-26)19-23-18-22(10-17-28(23)39-3)21-8-11-24(12-9-21)32(33,34)35/h4-12,17-18,25-26,36H,13-16,19H2,1-3H3. The van der Waals surface area contributed by atoms with Gasteiger partial charge in [0, 0.05) is 28.9 Å². The van der Waals surface area contributed by atoms with Gasteiger partial charge in [-0.2, -0.15) is 13.2 Å². The van der Waals surface area contributed by atoms with Gasteiger partial charge in [-0.3, -0.25) is 4.79 Å². The summed E-state index contributed by atoms with van der Waals surface area (Å²) >= 11 is 1.53. The van der Waals surface area contributed by atoms with Gasteiger partial charge in [0.15, 0.2) is 0 Å². The van der Waals surface area contributed by atoms with Gasteiger partial charge in [-0.25, -0.2) is 0 Å². The number of hydrogen-bond acceptors (Lipinski definition) is 4. The second kappa shape index (κ2) is 11.6. The Balaban J connectivity index is 1.51. The molecule has 5 rings (SSSR count). The van der Waals surface area contributed by atoms with Crippen LogP contribution in [0.4, 0.5) is 13.2 Å². The normalized spacial score (nSPS) is 17.6. The Labute approximate surface area is 236 Å². The number of amides is 1. The smallest absolute Gasteiger partial charge is 0.416 e. The van der Waals surface area contributed by atoms with Crippen LogP contribution in [0.1, 0.15) is 52.0 Å². The molecule has 4 aromatic rings. The fourth-order valence-corrected chi connectivity index (χ4v) is 6.83. The Hall–Kier alpha value is -3.36. The molecule has 4 nitrogen and oxygen atoms in total. The Bertz CT molecular complexity index is 1490. The maximum Gasteiger partial charge on any atom is 0.416 e. The van der Waals surface area contributed by atoms with Gasteiger partial charge in [-0.15, -0.1) is 11.3 Å². The lowest BCUT2D eigenvalue weighted by atomic mass is 9.89. The summed E-state index contributed by atoms with van der Waals surface area (Å²) in [5.41, 5.74) is 2.57. The number of benzene rings is 3. The van der Waals surface area contributed by atoms with Gasteiger partial charge >= 0.3 is 6.18 Å². The second-order valence-electron chi connectivity index (χ2n) is 10.4. The lowest BCUT2D eigenvalue weighted by Crippen LogP contribution is -2.44. The minimum Gasteiger partial charge on any atom is -0.496 e. The van der Waals surface area contributed by atoms with Crippen molar-refractivity contribution in [3.63, 3.8) is 0 Å². The molecule has 0 bridgehead atoms. The molecule has 8 heteroatoms. The van der Waals surface area contributed by atoms with Crippen molar-refractivity contribution >= 4 is 27.3 Å². The lowest BCUT2D eigenvalue weighted by Gasteiger charge is -2.37. The van der Waals surface area contributed by atoms with Crippen LogP contribution in [0.25, 0.3) is 21.2 Å². The van der Waals surface area contributed by atoms with E-state index in [0.29, 0.717) is 23.9 Å². The maximum absolute atomic E-state index is 14.2. The summed E-state index contributed by atoms with van der Waals surface area (Å²) in [5, 5.41) is 4.46. The van der Waals surface area contributed by atoms with E-state index in [2.05, 4.69) is 11.4 Å². The molecule has 0 spiro atoms. The van der Waals surface area contributed by atoms with Crippen molar-refractivity contribution in [3.8, 4) is 16.9 Å². The minimum atomic E-state index is -4.39. The summed E-state index contributed by atoms with van der Waals surface area (Å²) in [6.45, 7) is 2.35. The average molecular weight is 567 g/mol. The largest absolute Gasteiger partial charge is 0.496 e. The molecule has 0 aliphatic heterocycles. The zero-order valence-corrected chi connectivity index (χ0v) is 23.7. The number of nitrogens with zero attached hydrogens (tertiary/aromatic N) is 1. The molecule has 1 aliphatic rings. The number of carbonyl (C=O) groups excluding carboxylic acids is 1. The van der Waals surface area contributed by atoms with Gasteiger partial charge in [0.05, 0.1) is 17.6 Å². The van der Waals surface area contributed by atoms with Gasteiger partial charge < -0.3 is 15.0 Å². The molecule has 40 heavy (non-hydrogen) atoms. The predicted octanol–water partition coefficient (Wildman–Crippen LogP) is 8.08. The Morgan fingerprint density at radius 1 is 1.00 bits per heavy atom. The fourth-order valence-electron chi connectivity index (χ4n) is 5.67. The highest BCUT2D eigenvalue weighted by Crippen LogP contribution is 2.36. The molecule has 210 valence electrons. The monoisotopic (exact) mass is 566 g/mol. The molecule has 1 amide bonds. The third-order valence-electron chi connectivity index (χ3n) is 8.01. The zero-order valence-electron chi connectivity index (χ0n) is 22.8. The molecular weight excluding hydrogens is 533 g/mol. The number of aryl methyl sites for hydroxylation is 1. The van der Waals surface area contributed by atoms with Crippen LogP contribution in [-0.4, -0.2) is 37.0 Å². The third-order valence-corrected chi connectivity index (χ3v) is 9.27. The zero-order chi connectivity index (χ0) is 28.4. The third kappa shape index (κ3) is 5.74. The Morgan fingerprint density at radius 2 is 1.68 bits per heavy atom. The van der Waals surface area contributed by atoms with Crippen LogP contribution >= 0.6 is 11.3 Å². The first-order chi connectivity index (χ1) is 19.2. The van der Waals surface area contributed by atoms with Crippen molar-refractivity contribution in [3.05, 3.63) is 88.3 Å². The predicted molar refractivity (Wildman–Crippen MR) is 155 cm³/mol. The number of methoxy groups -OCH3 is 1. The first-order valence-corrected chi connectivity index (χ1v) is 14.3. The summed E-state index contributed by atoms with van der Waals surface area (Å²) < 4.78 is 46.1. The second-order valence-corrected chi connectivity index (χ2v) is 11.4. The van der Waals surface area contributed by atoms with E-state index in [1.54, 1.807) is 7.11 Å². The van der Waals surface area contributed by atoms with E-state index < -0.39 is 11.7 Å². The molecule has 1 fully saturated rings. The van der Waals surface area contributed by atoms with Crippen LogP contribution in [0, 0.1) is 6.92 Å². The highest BCUT2D eigenvalue weighted by molar-refractivity contribution is 7.21. The van der Waals surface area contributed by atoms with Crippen molar-refractivity contribution in [1.82, 2.24) is 10.2 Å². The molecule has 0 saturated heterocycles. The molecule has 0 unspecified atom stereocenters. The number of fused-ring (bicyclic) bond motifs is 1. The van der Waals surface area contributed by atoms with Crippen LogP contribution < -0.4 is 10.1 Å². The Morgan fingerprint density at radius 3 is 2.30 bits per heavy atom. The quantitative estimate of drug-likeness (QED) is 0.246. The van der Waals surface area contributed by atoms with Crippen molar-refractivity contribution in [2.75, 3.05) is 14.2 Å². The van der Waals surface area contributed by atoms with Crippen LogP contribution in [0.3, 0.4) is 0 Å². The van der Waals surface area contributed by atoms with Crippen LogP contribution in [0.15, 0.2) is 66.7 Å². The highest BCUT2D eigenvalue weighted by atomic mass is 32.1. The van der Waals surface area contributed by atoms with Gasteiger partial charge in [0.2, 0.25) is 0 Å². The molecule has 1 aliphatic carbocycles. The summed E-state index contributed by atoms with van der Waals surface area (Å²) in [6.07, 6.45) is -0.635. The van der Waals surface area contributed by atoms with Gasteiger partial charge in [0.25, 0.3) is 5.91 Å². The number of thiophene rings is 1. The van der Waals surface area contributed by atoms with E-state index in [0.717, 1.165) is 69.5 Å². The molecular formula is C32H33F3N2O2S. The molecule has 1 N–H and O–H groups in total. The molecule has 3 aromatic carbocycles. The number of alkyl halides is 3. The van der Waals surface area contributed by atoms with E-state index in [9.17, 15) is 18.0 Å². The van der Waals surface area contributed by atoms with E-state index in [1.807, 2.05) is 55.3 Å². The Kier molecular flexibility index (Phi) is 8.19. The highest BCUT2D eigenvalue weighted by Gasteiger charge is 2.32. The molecule has 0 atom stereocenters. The van der Waals surface area contributed by atoms with Crippen molar-refractivity contribution in [2.45, 2.75) is 57.4 Å². The van der Waals surface area contributed by atoms with E-state index in [-0.39, 0.29) is 11.9 Å². The number of carbonyl (C=O) groups is 1. The van der Waals surface area contributed by atoms with Gasteiger partial charge in [-0.05, 0) is 92.1 Å². The lowest BCUT2D eigenvalue weighted by molar-refractivity contribution is -0.137. The van der Waals surface area contributed by atoms with Gasteiger partial charge in [-0.1, -0.05) is 36.4 Å². The summed E-state index contributed by atoms with van der Waals surface area (Å²) in [4.78, 5) is 17.0. The number of ether oxygens (including phenoxy) is 1. The molecule has 0 radical (unpaired) electrons. The fraction of sp³-hybridized carbons (Fsp3) is 0.344. The van der Waals surface area contributed by atoms with E-state index in [4.69, 9.17) is 4.74 Å². The van der Waals surface area contributed by atoms with E-state index >= 15 is 0 Å². The molecule has 1 heterocycles. The number of rotatable bonds is 7. The van der Waals surface area contributed by atoms with Crippen molar-refractivity contribution in [2.24, 2.45) is 0 Å². The van der Waals surface area contributed by atoms with Crippen LogP contribution in [0.5, 0.6) is 5.75 Å². The summed E-state index contributed by atoms with van der Waals surface area (Å²) in [6, 6.07) is 19.3. The molecule has 1 aromatic heterocycles. The van der Waals surface area contributed by atoms with Crippen molar-refractivity contribution < 1.29 is 22.7 Å². The van der Waals surface area contributed by atoms with E-state index in [1.165, 1.54) is 23.5 Å². The summed E-state index contributed by atoms with van der Waals surface area (Å²) in [7, 11) is 3.57. The van der Waals surface area contributed by atoms with Crippen molar-refractivity contribution in [1.29, 1.82) is 0 Å². The van der Waals surface area contributed by atoms with Crippen LogP contribution in [-0.2, 0) is 12.7 Å². The summed E-state index contributed by atoms with van der Waals surface area (Å²) in [5.74, 6) is 0.652. The maximum atomic E-state index is 14.2. The SMILES string of the molecule is CNC1CCC(N(Cc2cc(-c3ccc(C(F)(F)F)cc3)ccc2OC)C(=O)c2sc3ccccc3c2C)CC1. The first kappa shape index (κ1) is 28.2. The average Bonchev–Trinajstić information content (AvgIpc) is 3.31. The minimum absolute atomic E-state index is 0.00796. The number of nitrogens with one attached hydrogen (secondary N) is 1. The topological polar surface area (TPSA) is 41.6 Å². The van der Waals surface area contributed by atoms with Crippen LogP contribution in [0.2, 0.25) is 0 Å².